The summed E-state index contributed by atoms with van der Waals surface area (Å²) in [7, 11) is -2.03. The van der Waals surface area contributed by atoms with Crippen molar-refractivity contribution in [2.75, 3.05) is 6.61 Å². The van der Waals surface area contributed by atoms with Crippen molar-refractivity contribution in [1.29, 1.82) is 0 Å². The van der Waals surface area contributed by atoms with Crippen LogP contribution in [-0.4, -0.2) is 66.1 Å². The topological polar surface area (TPSA) is 99.4 Å². The summed E-state index contributed by atoms with van der Waals surface area (Å²) in [6.45, 7) is 5.64. The quantitative estimate of drug-likeness (QED) is 0.507. The summed E-state index contributed by atoms with van der Waals surface area (Å²) in [5, 5.41) is 38.6. The first-order valence-electron chi connectivity index (χ1n) is 6.80. The Morgan fingerprint density at radius 1 is 1.16 bits per heavy atom. The van der Waals surface area contributed by atoms with Crippen molar-refractivity contribution >= 4 is 8.32 Å². The van der Waals surface area contributed by atoms with Crippen LogP contribution in [-0.2, 0) is 9.16 Å². The molecule has 0 aromatic heterocycles. The van der Waals surface area contributed by atoms with Gasteiger partial charge < -0.3 is 29.6 Å². The molecule has 1 rings (SSSR count). The molecule has 1 aliphatic heterocycles. The highest BCUT2D eigenvalue weighted by Gasteiger charge is 2.46. The molecule has 114 valence electrons. The lowest BCUT2D eigenvalue weighted by atomic mass is 9.99. The molecule has 1 saturated heterocycles. The van der Waals surface area contributed by atoms with Gasteiger partial charge in [0, 0.05) is 0 Å². The molecule has 1 aliphatic rings. The Bertz CT molecular complexity index is 275. The average molecular weight is 294 g/mol. The Labute approximate surface area is 115 Å². The van der Waals surface area contributed by atoms with Crippen LogP contribution in [0.15, 0.2) is 0 Å². The number of aliphatic hydroxyl groups is 4. The van der Waals surface area contributed by atoms with E-state index in [2.05, 4.69) is 6.92 Å². The lowest BCUT2D eigenvalue weighted by Gasteiger charge is -2.42. The summed E-state index contributed by atoms with van der Waals surface area (Å²) < 4.78 is 10.9. The Morgan fingerprint density at radius 2 is 1.79 bits per heavy atom. The van der Waals surface area contributed by atoms with Gasteiger partial charge >= 0.3 is 0 Å². The Kier molecular flexibility index (Phi) is 6.38. The molecule has 0 aromatic rings. The highest BCUT2D eigenvalue weighted by molar-refractivity contribution is 6.71. The molecule has 0 saturated carbocycles. The van der Waals surface area contributed by atoms with Crippen LogP contribution < -0.4 is 0 Å². The van der Waals surface area contributed by atoms with E-state index in [1.807, 2.05) is 13.1 Å². The maximum absolute atomic E-state index is 9.99. The molecule has 0 spiro atoms. The highest BCUT2D eigenvalue weighted by atomic mass is 28.4. The fourth-order valence-electron chi connectivity index (χ4n) is 2.23. The fraction of sp³-hybridized carbons (Fsp3) is 1.00. The largest absolute Gasteiger partial charge is 0.407 e. The van der Waals surface area contributed by atoms with Crippen molar-refractivity contribution in [3.05, 3.63) is 0 Å². The molecule has 6 nitrogen and oxygen atoms in total. The second kappa shape index (κ2) is 7.12. The molecule has 0 aliphatic carbocycles. The maximum atomic E-state index is 9.99. The van der Waals surface area contributed by atoms with E-state index < -0.39 is 45.6 Å². The van der Waals surface area contributed by atoms with Crippen LogP contribution in [0.25, 0.3) is 0 Å². The lowest BCUT2D eigenvalue weighted by molar-refractivity contribution is -0.282. The van der Waals surface area contributed by atoms with Crippen LogP contribution in [0, 0.1) is 0 Å². The summed E-state index contributed by atoms with van der Waals surface area (Å²) in [5.74, 6) is 0. The maximum Gasteiger partial charge on any atom is 0.187 e. The Balaban J connectivity index is 2.66. The molecule has 19 heavy (non-hydrogen) atoms. The summed E-state index contributed by atoms with van der Waals surface area (Å²) in [5.41, 5.74) is 0. The van der Waals surface area contributed by atoms with Gasteiger partial charge in [0.15, 0.2) is 14.6 Å². The van der Waals surface area contributed by atoms with Gasteiger partial charge in [0.2, 0.25) is 0 Å². The van der Waals surface area contributed by atoms with Gasteiger partial charge in [0.25, 0.3) is 0 Å². The number of rotatable bonds is 6. The zero-order valence-electron chi connectivity index (χ0n) is 11.8. The minimum atomic E-state index is -2.03. The van der Waals surface area contributed by atoms with Crippen LogP contribution >= 0.6 is 0 Å². The summed E-state index contributed by atoms with van der Waals surface area (Å²) in [6, 6.07) is 0.916. The third kappa shape index (κ3) is 4.49. The SMILES string of the molecule is CCCC[Si](C)(C)O[C@@H]1[C@@H](O)[C@H](O)[C@@H](CO)O[C@@H]1O. The van der Waals surface area contributed by atoms with E-state index >= 15 is 0 Å². The first-order valence-corrected chi connectivity index (χ1v) is 9.92. The predicted molar refractivity (Wildman–Crippen MR) is 72.0 cm³/mol. The predicted octanol–water partition coefficient (Wildman–Crippen LogP) is -0.192. The monoisotopic (exact) mass is 294 g/mol. The van der Waals surface area contributed by atoms with Crippen molar-refractivity contribution in [3.63, 3.8) is 0 Å². The molecule has 0 radical (unpaired) electrons. The molecule has 0 aromatic carbocycles. The third-order valence-electron chi connectivity index (χ3n) is 3.43. The third-order valence-corrected chi connectivity index (χ3v) is 5.90. The van der Waals surface area contributed by atoms with Crippen LogP contribution in [0.1, 0.15) is 19.8 Å². The molecule has 0 unspecified atom stereocenters. The zero-order chi connectivity index (χ0) is 14.6. The summed E-state index contributed by atoms with van der Waals surface area (Å²) >= 11 is 0. The first kappa shape index (κ1) is 17.0. The Morgan fingerprint density at radius 3 is 2.32 bits per heavy atom. The van der Waals surface area contributed by atoms with E-state index in [4.69, 9.17) is 14.3 Å². The van der Waals surface area contributed by atoms with Gasteiger partial charge in [0.1, 0.15) is 24.4 Å². The van der Waals surface area contributed by atoms with Gasteiger partial charge in [-0.3, -0.25) is 0 Å². The van der Waals surface area contributed by atoms with Gasteiger partial charge in [-0.1, -0.05) is 19.8 Å². The molecule has 0 bridgehead atoms. The van der Waals surface area contributed by atoms with Crippen molar-refractivity contribution in [3.8, 4) is 0 Å². The average Bonchev–Trinajstić information content (AvgIpc) is 2.36. The van der Waals surface area contributed by atoms with E-state index in [1.54, 1.807) is 0 Å². The minimum absolute atomic E-state index is 0.460. The standard InChI is InChI=1S/C12H26O6Si/c1-4-5-6-19(2,3)18-11-10(15)9(14)8(7-13)17-12(11)16/h8-16H,4-7H2,1-3H3/t8-,9-,10+,11-,12+/m1/s1. The lowest BCUT2D eigenvalue weighted by Crippen LogP contribution is -2.61. The molecular formula is C12H26O6Si. The van der Waals surface area contributed by atoms with Crippen molar-refractivity contribution in [1.82, 2.24) is 0 Å². The second-order valence-electron chi connectivity index (χ2n) is 5.67. The Hall–Kier alpha value is -0.0231. The molecule has 1 heterocycles. The van der Waals surface area contributed by atoms with Crippen LogP contribution in [0.2, 0.25) is 19.1 Å². The van der Waals surface area contributed by atoms with Crippen molar-refractivity contribution < 1.29 is 29.6 Å². The molecule has 7 heteroatoms. The smallest absolute Gasteiger partial charge is 0.187 e. The second-order valence-corrected chi connectivity index (χ2v) is 9.93. The van der Waals surface area contributed by atoms with Crippen LogP contribution in [0.5, 0.6) is 0 Å². The van der Waals surface area contributed by atoms with Crippen molar-refractivity contribution in [2.24, 2.45) is 0 Å². The van der Waals surface area contributed by atoms with E-state index in [1.165, 1.54) is 0 Å². The van der Waals surface area contributed by atoms with E-state index in [9.17, 15) is 15.3 Å². The van der Waals surface area contributed by atoms with Crippen molar-refractivity contribution in [2.45, 2.75) is 69.6 Å². The van der Waals surface area contributed by atoms with E-state index in [0.29, 0.717) is 0 Å². The molecule has 0 amide bonds. The molecule has 5 atom stereocenters. The fourth-order valence-corrected chi connectivity index (χ4v) is 4.54. The van der Waals surface area contributed by atoms with Gasteiger partial charge in [-0.2, -0.15) is 0 Å². The van der Waals surface area contributed by atoms with E-state index in [-0.39, 0.29) is 0 Å². The summed E-state index contributed by atoms with van der Waals surface area (Å²) in [6.07, 6.45) is -3.70. The van der Waals surface area contributed by atoms with Gasteiger partial charge in [-0.05, 0) is 19.1 Å². The van der Waals surface area contributed by atoms with Gasteiger partial charge in [-0.15, -0.1) is 0 Å². The number of unbranched alkanes of at least 4 members (excludes halogenated alkanes) is 1. The first-order chi connectivity index (χ1) is 8.82. The zero-order valence-corrected chi connectivity index (χ0v) is 12.8. The minimum Gasteiger partial charge on any atom is -0.407 e. The number of ether oxygens (including phenoxy) is 1. The number of hydrogen-bond donors (Lipinski definition) is 4. The number of aliphatic hydroxyl groups excluding tert-OH is 4. The normalized spacial score (nSPS) is 36.5. The molecule has 1 fully saturated rings. The van der Waals surface area contributed by atoms with Gasteiger partial charge in [-0.25, -0.2) is 0 Å². The molecule has 4 N–H and O–H groups in total. The van der Waals surface area contributed by atoms with Crippen LogP contribution in [0.4, 0.5) is 0 Å². The number of hydrogen-bond acceptors (Lipinski definition) is 6. The molecular weight excluding hydrogens is 268 g/mol. The van der Waals surface area contributed by atoms with Gasteiger partial charge in [0.05, 0.1) is 6.61 Å². The van der Waals surface area contributed by atoms with Crippen LogP contribution in [0.3, 0.4) is 0 Å². The van der Waals surface area contributed by atoms with E-state index in [0.717, 1.165) is 18.9 Å². The summed E-state index contributed by atoms with van der Waals surface area (Å²) in [4.78, 5) is 0. The highest BCUT2D eigenvalue weighted by Crippen LogP contribution is 2.27.